The maximum Gasteiger partial charge on any atom is 0.173 e. The van der Waals surface area contributed by atoms with Crippen LogP contribution in [0.4, 0.5) is 10.2 Å². The molecule has 0 unspecified atom stereocenters. The highest BCUT2D eigenvalue weighted by atomic mass is 19.1. The minimum Gasteiger partial charge on any atom is -0.381 e. The van der Waals surface area contributed by atoms with E-state index in [9.17, 15) is 4.39 Å². The predicted octanol–water partition coefficient (Wildman–Crippen LogP) is 1.77. The molecule has 0 saturated heterocycles. The summed E-state index contributed by atoms with van der Waals surface area (Å²) in [5.41, 5.74) is 6.72. The zero-order valence-electron chi connectivity index (χ0n) is 7.49. The van der Waals surface area contributed by atoms with Crippen LogP contribution >= 0.6 is 0 Å². The van der Waals surface area contributed by atoms with Crippen LogP contribution in [0.2, 0.25) is 0 Å². The minimum absolute atomic E-state index is 0.310. The number of hydrogen-bond donors (Lipinski definition) is 1. The third-order valence-corrected chi connectivity index (χ3v) is 1.93. The van der Waals surface area contributed by atoms with Crippen LogP contribution in [-0.4, -0.2) is 10.1 Å². The third-order valence-electron chi connectivity index (χ3n) is 1.93. The van der Waals surface area contributed by atoms with Crippen molar-refractivity contribution in [3.8, 4) is 11.3 Å². The normalized spacial score (nSPS) is 10.4. The molecule has 0 aromatic carbocycles. The molecule has 14 heavy (non-hydrogen) atoms. The molecule has 4 nitrogen and oxygen atoms in total. The third kappa shape index (κ3) is 1.32. The first-order chi connectivity index (χ1) is 6.68. The number of nitrogens with two attached hydrogens (primary N) is 1. The number of nitrogen functional groups attached to an aromatic ring is 1. The zero-order valence-corrected chi connectivity index (χ0v) is 7.49. The summed E-state index contributed by atoms with van der Waals surface area (Å²) >= 11 is 0. The lowest BCUT2D eigenvalue weighted by molar-refractivity contribution is 0.435. The van der Waals surface area contributed by atoms with Gasteiger partial charge in [-0.1, -0.05) is 5.16 Å². The SMILES string of the molecule is Cc1c(N)noc1-c1cncc(F)c1. The quantitative estimate of drug-likeness (QED) is 0.749. The summed E-state index contributed by atoms with van der Waals surface area (Å²) < 4.78 is 17.8. The topological polar surface area (TPSA) is 64.9 Å². The lowest BCUT2D eigenvalue weighted by atomic mass is 10.1. The smallest absolute Gasteiger partial charge is 0.173 e. The highest BCUT2D eigenvalue weighted by molar-refractivity contribution is 5.64. The largest absolute Gasteiger partial charge is 0.381 e. The van der Waals surface area contributed by atoms with Crippen LogP contribution in [0.5, 0.6) is 0 Å². The molecule has 2 heterocycles. The summed E-state index contributed by atoms with van der Waals surface area (Å²) in [5.74, 6) is 0.343. The molecule has 0 aliphatic rings. The molecule has 0 fully saturated rings. The van der Waals surface area contributed by atoms with Crippen molar-refractivity contribution in [2.75, 3.05) is 5.73 Å². The van der Waals surface area contributed by atoms with E-state index in [-0.39, 0.29) is 0 Å². The van der Waals surface area contributed by atoms with Crippen molar-refractivity contribution in [2.24, 2.45) is 0 Å². The Morgan fingerprint density at radius 2 is 2.21 bits per heavy atom. The van der Waals surface area contributed by atoms with Gasteiger partial charge in [0.15, 0.2) is 11.6 Å². The van der Waals surface area contributed by atoms with E-state index >= 15 is 0 Å². The van der Waals surface area contributed by atoms with Gasteiger partial charge in [-0.3, -0.25) is 4.98 Å². The van der Waals surface area contributed by atoms with Crippen LogP contribution in [0.1, 0.15) is 5.56 Å². The molecule has 0 radical (unpaired) electrons. The summed E-state index contributed by atoms with van der Waals surface area (Å²) in [5, 5.41) is 3.57. The number of pyridine rings is 1. The first-order valence-electron chi connectivity index (χ1n) is 4.01. The summed E-state index contributed by atoms with van der Waals surface area (Å²) in [4.78, 5) is 3.71. The average Bonchev–Trinajstić information content (AvgIpc) is 2.48. The van der Waals surface area contributed by atoms with Gasteiger partial charge in [0.2, 0.25) is 0 Å². The minimum atomic E-state index is -0.420. The molecule has 0 atom stereocenters. The Bertz CT molecular complexity index is 467. The molecule has 2 N–H and O–H groups in total. The van der Waals surface area contributed by atoms with Gasteiger partial charge < -0.3 is 10.3 Å². The monoisotopic (exact) mass is 193 g/mol. The molecule has 2 rings (SSSR count). The number of halogens is 1. The van der Waals surface area contributed by atoms with Gasteiger partial charge in [0.1, 0.15) is 5.82 Å². The van der Waals surface area contributed by atoms with E-state index in [1.165, 1.54) is 12.3 Å². The van der Waals surface area contributed by atoms with Crippen molar-refractivity contribution in [2.45, 2.75) is 6.92 Å². The van der Waals surface area contributed by atoms with E-state index in [4.69, 9.17) is 10.3 Å². The van der Waals surface area contributed by atoms with Crippen LogP contribution in [0.25, 0.3) is 11.3 Å². The lowest BCUT2D eigenvalue weighted by Crippen LogP contribution is -1.87. The molecule has 5 heteroatoms. The van der Waals surface area contributed by atoms with Crippen LogP contribution < -0.4 is 5.73 Å². The lowest BCUT2D eigenvalue weighted by Gasteiger charge is -1.96. The fourth-order valence-corrected chi connectivity index (χ4v) is 1.15. The Hall–Kier alpha value is -1.91. The number of hydrogen-bond acceptors (Lipinski definition) is 4. The maximum atomic E-state index is 12.8. The first kappa shape index (κ1) is 8.68. The van der Waals surface area contributed by atoms with Crippen LogP contribution in [0.3, 0.4) is 0 Å². The molecule has 0 aliphatic carbocycles. The molecule has 0 bridgehead atoms. The molecule has 0 saturated carbocycles. The summed E-state index contributed by atoms with van der Waals surface area (Å²) in [6.45, 7) is 1.76. The van der Waals surface area contributed by atoms with Gasteiger partial charge >= 0.3 is 0 Å². The van der Waals surface area contributed by atoms with E-state index in [1.807, 2.05) is 0 Å². The molecular formula is C9H8FN3O. The molecule has 0 spiro atoms. The average molecular weight is 193 g/mol. The second-order valence-corrected chi connectivity index (χ2v) is 2.91. The Morgan fingerprint density at radius 1 is 1.43 bits per heavy atom. The Morgan fingerprint density at radius 3 is 2.79 bits per heavy atom. The van der Waals surface area contributed by atoms with Crippen LogP contribution in [0.15, 0.2) is 23.0 Å². The van der Waals surface area contributed by atoms with E-state index in [1.54, 1.807) is 6.92 Å². The summed E-state index contributed by atoms with van der Waals surface area (Å²) in [6.07, 6.45) is 2.62. The van der Waals surface area contributed by atoms with E-state index in [0.29, 0.717) is 22.7 Å². The second-order valence-electron chi connectivity index (χ2n) is 2.91. The van der Waals surface area contributed by atoms with Crippen molar-refractivity contribution in [3.05, 3.63) is 29.8 Å². The van der Waals surface area contributed by atoms with Gasteiger partial charge in [-0.2, -0.15) is 0 Å². The van der Waals surface area contributed by atoms with Gasteiger partial charge in [-0.05, 0) is 13.0 Å². The zero-order chi connectivity index (χ0) is 10.1. The molecule has 0 aliphatic heterocycles. The number of rotatable bonds is 1. The van der Waals surface area contributed by atoms with E-state index in [2.05, 4.69) is 10.1 Å². The van der Waals surface area contributed by atoms with Crippen molar-refractivity contribution in [3.63, 3.8) is 0 Å². The Labute approximate surface area is 79.5 Å². The fourth-order valence-electron chi connectivity index (χ4n) is 1.15. The molecule has 2 aromatic heterocycles. The number of anilines is 1. The van der Waals surface area contributed by atoms with Crippen molar-refractivity contribution in [1.29, 1.82) is 0 Å². The summed E-state index contributed by atoms with van der Waals surface area (Å²) in [6, 6.07) is 1.32. The summed E-state index contributed by atoms with van der Waals surface area (Å²) in [7, 11) is 0. The van der Waals surface area contributed by atoms with Crippen molar-refractivity contribution in [1.82, 2.24) is 10.1 Å². The fraction of sp³-hybridized carbons (Fsp3) is 0.111. The van der Waals surface area contributed by atoms with Gasteiger partial charge in [0.25, 0.3) is 0 Å². The van der Waals surface area contributed by atoms with Gasteiger partial charge in [-0.15, -0.1) is 0 Å². The van der Waals surface area contributed by atoms with Crippen LogP contribution in [0, 0.1) is 12.7 Å². The van der Waals surface area contributed by atoms with Gasteiger partial charge in [-0.25, -0.2) is 4.39 Å². The number of aromatic nitrogens is 2. The molecular weight excluding hydrogens is 185 g/mol. The highest BCUT2D eigenvalue weighted by Gasteiger charge is 2.11. The van der Waals surface area contributed by atoms with Crippen LogP contribution in [-0.2, 0) is 0 Å². The maximum absolute atomic E-state index is 12.8. The van der Waals surface area contributed by atoms with Crippen molar-refractivity contribution >= 4 is 5.82 Å². The molecule has 2 aromatic rings. The van der Waals surface area contributed by atoms with Gasteiger partial charge in [0, 0.05) is 17.3 Å². The first-order valence-corrected chi connectivity index (χ1v) is 4.01. The predicted molar refractivity (Wildman–Crippen MR) is 48.8 cm³/mol. The van der Waals surface area contributed by atoms with Crippen molar-refractivity contribution < 1.29 is 8.91 Å². The highest BCUT2D eigenvalue weighted by Crippen LogP contribution is 2.26. The molecule has 0 amide bonds. The standard InChI is InChI=1S/C9H8FN3O/c1-5-8(14-13-9(5)11)6-2-7(10)4-12-3-6/h2-4H,1H3,(H2,11,13). The van der Waals surface area contributed by atoms with E-state index < -0.39 is 5.82 Å². The molecule has 72 valence electrons. The number of nitrogens with zero attached hydrogens (tertiary/aromatic N) is 2. The Balaban J connectivity index is 2.55. The van der Waals surface area contributed by atoms with Gasteiger partial charge in [0.05, 0.1) is 6.20 Å². The second kappa shape index (κ2) is 3.10. The Kier molecular flexibility index (Phi) is 1.92. The van der Waals surface area contributed by atoms with E-state index in [0.717, 1.165) is 6.20 Å².